The number of rotatable bonds is 7. The molecule has 0 aliphatic rings. The van der Waals surface area contributed by atoms with Crippen molar-refractivity contribution in [2.45, 2.75) is 26.0 Å². The first-order valence-corrected chi connectivity index (χ1v) is 7.09. The molecule has 0 saturated heterocycles. The predicted molar refractivity (Wildman–Crippen MR) is 80.1 cm³/mol. The molecule has 0 radical (unpaired) electrons. The molecule has 0 fully saturated rings. The van der Waals surface area contributed by atoms with E-state index < -0.39 is 0 Å². The summed E-state index contributed by atoms with van der Waals surface area (Å²) in [6, 6.07) is 3.97. The molecular weight excluding hydrogens is 310 g/mol. The number of nitrogens with one attached hydrogen (secondary N) is 1. The van der Waals surface area contributed by atoms with Crippen LogP contribution in [0.5, 0.6) is 11.5 Å². The molecule has 0 bridgehead atoms. The third-order valence-corrected chi connectivity index (χ3v) is 3.81. The number of likely N-dealkylation sites (N-methyl/N-ethyl adjacent to an activating group) is 1. The van der Waals surface area contributed by atoms with E-state index in [0.717, 1.165) is 21.5 Å². The lowest BCUT2D eigenvalue weighted by atomic mass is 10.0. The van der Waals surface area contributed by atoms with Crippen molar-refractivity contribution in [2.75, 3.05) is 27.9 Å². The van der Waals surface area contributed by atoms with Crippen LogP contribution in [0.4, 0.5) is 0 Å². The summed E-state index contributed by atoms with van der Waals surface area (Å²) in [6.07, 6.45) is 0.0456. The van der Waals surface area contributed by atoms with Crippen molar-refractivity contribution < 1.29 is 14.2 Å². The lowest BCUT2D eigenvalue weighted by Crippen LogP contribution is -2.30. The van der Waals surface area contributed by atoms with Gasteiger partial charge in [-0.05, 0) is 49.0 Å². The molecule has 4 nitrogen and oxygen atoms in total. The Kier molecular flexibility index (Phi) is 6.62. The Bertz CT molecular complexity index is 412. The summed E-state index contributed by atoms with van der Waals surface area (Å²) in [5.74, 6) is 1.52. The minimum Gasteiger partial charge on any atom is -0.495 e. The average Bonchev–Trinajstić information content (AvgIpc) is 2.40. The van der Waals surface area contributed by atoms with E-state index in [-0.39, 0.29) is 12.1 Å². The zero-order valence-corrected chi connectivity index (χ0v) is 13.7. The van der Waals surface area contributed by atoms with Gasteiger partial charge in [-0.3, -0.25) is 0 Å². The molecule has 0 amide bonds. The van der Waals surface area contributed by atoms with Gasteiger partial charge in [-0.2, -0.15) is 0 Å². The highest BCUT2D eigenvalue weighted by molar-refractivity contribution is 9.10. The fourth-order valence-electron chi connectivity index (χ4n) is 2.17. The summed E-state index contributed by atoms with van der Waals surface area (Å²) in [5, 5.41) is 3.28. The number of methoxy groups -OCH3 is 2. The molecule has 1 aromatic rings. The second-order valence-electron chi connectivity index (χ2n) is 4.13. The number of benzene rings is 1. The third-order valence-electron chi connectivity index (χ3n) is 3.06. The van der Waals surface area contributed by atoms with Gasteiger partial charge in [0.2, 0.25) is 0 Å². The van der Waals surface area contributed by atoms with Gasteiger partial charge in [-0.1, -0.05) is 0 Å². The molecule has 2 atom stereocenters. The maximum Gasteiger partial charge on any atom is 0.141 e. The summed E-state index contributed by atoms with van der Waals surface area (Å²) in [7, 11) is 5.20. The third kappa shape index (κ3) is 3.61. The molecule has 19 heavy (non-hydrogen) atoms. The van der Waals surface area contributed by atoms with Crippen LogP contribution < -0.4 is 14.8 Å². The molecule has 108 valence electrons. The van der Waals surface area contributed by atoms with Gasteiger partial charge < -0.3 is 19.5 Å². The van der Waals surface area contributed by atoms with Crippen molar-refractivity contribution in [3.05, 3.63) is 22.2 Å². The smallest absolute Gasteiger partial charge is 0.141 e. The van der Waals surface area contributed by atoms with Gasteiger partial charge in [0.25, 0.3) is 0 Å². The first-order valence-electron chi connectivity index (χ1n) is 6.29. The van der Waals surface area contributed by atoms with Crippen molar-refractivity contribution in [1.29, 1.82) is 0 Å². The molecule has 5 heteroatoms. The summed E-state index contributed by atoms with van der Waals surface area (Å²) in [5.41, 5.74) is 1.04. The van der Waals surface area contributed by atoms with E-state index in [4.69, 9.17) is 14.2 Å². The van der Waals surface area contributed by atoms with Gasteiger partial charge in [-0.25, -0.2) is 0 Å². The van der Waals surface area contributed by atoms with Crippen LogP contribution in [0, 0.1) is 0 Å². The van der Waals surface area contributed by atoms with E-state index in [0.29, 0.717) is 6.61 Å². The maximum absolute atomic E-state index is 5.68. The van der Waals surface area contributed by atoms with Crippen molar-refractivity contribution in [1.82, 2.24) is 5.32 Å². The van der Waals surface area contributed by atoms with Gasteiger partial charge in [0.05, 0.1) is 26.4 Å². The Morgan fingerprint density at radius 1 is 1.26 bits per heavy atom. The molecule has 0 aliphatic heterocycles. The summed E-state index contributed by atoms with van der Waals surface area (Å²) in [4.78, 5) is 0. The summed E-state index contributed by atoms with van der Waals surface area (Å²) in [6.45, 7) is 4.71. The fraction of sp³-hybridized carbons (Fsp3) is 0.571. The molecule has 0 spiro atoms. The van der Waals surface area contributed by atoms with Crippen molar-refractivity contribution >= 4 is 15.9 Å². The Morgan fingerprint density at radius 3 is 2.42 bits per heavy atom. The molecule has 2 unspecified atom stereocenters. The minimum atomic E-state index is 0.0456. The van der Waals surface area contributed by atoms with Crippen LogP contribution in [0.15, 0.2) is 16.6 Å². The minimum absolute atomic E-state index is 0.0456. The molecule has 1 rings (SSSR count). The lowest BCUT2D eigenvalue weighted by Gasteiger charge is -2.26. The highest BCUT2D eigenvalue weighted by atomic mass is 79.9. The summed E-state index contributed by atoms with van der Waals surface area (Å²) >= 11 is 3.52. The molecule has 0 aliphatic carbocycles. The van der Waals surface area contributed by atoms with Crippen molar-refractivity contribution in [3.63, 3.8) is 0 Å². The van der Waals surface area contributed by atoms with E-state index in [9.17, 15) is 0 Å². The second-order valence-corrected chi connectivity index (χ2v) is 4.92. The zero-order valence-electron chi connectivity index (χ0n) is 12.1. The van der Waals surface area contributed by atoms with E-state index in [1.165, 1.54) is 0 Å². The Hall–Kier alpha value is -0.780. The Balaban J connectivity index is 3.20. The highest BCUT2D eigenvalue weighted by Crippen LogP contribution is 2.40. The Labute approximate surface area is 123 Å². The average molecular weight is 332 g/mol. The van der Waals surface area contributed by atoms with Crippen LogP contribution in [0.3, 0.4) is 0 Å². The van der Waals surface area contributed by atoms with Gasteiger partial charge >= 0.3 is 0 Å². The topological polar surface area (TPSA) is 39.7 Å². The standard InChI is InChI=1S/C14H22BrNO3/c1-6-19-9(2)13(16-3)10-7-8-11(17-4)12(15)14(10)18-5/h7-9,13,16H,6H2,1-5H3. The zero-order chi connectivity index (χ0) is 14.4. The normalized spacial score (nSPS) is 14.0. The number of hydrogen-bond donors (Lipinski definition) is 1. The van der Waals surface area contributed by atoms with Crippen molar-refractivity contribution in [3.8, 4) is 11.5 Å². The highest BCUT2D eigenvalue weighted by Gasteiger charge is 2.24. The first kappa shape index (κ1) is 16.3. The predicted octanol–water partition coefficient (Wildman–Crippen LogP) is 3.15. The largest absolute Gasteiger partial charge is 0.495 e. The van der Waals surface area contributed by atoms with E-state index >= 15 is 0 Å². The fourth-order valence-corrected chi connectivity index (χ4v) is 2.85. The summed E-state index contributed by atoms with van der Waals surface area (Å²) < 4.78 is 17.3. The van der Waals surface area contributed by atoms with Gasteiger partial charge in [-0.15, -0.1) is 0 Å². The molecule has 0 saturated carbocycles. The Morgan fingerprint density at radius 2 is 1.95 bits per heavy atom. The first-order chi connectivity index (χ1) is 9.10. The number of hydrogen-bond acceptors (Lipinski definition) is 4. The molecule has 1 aromatic carbocycles. The van der Waals surface area contributed by atoms with Crippen LogP contribution in [0.25, 0.3) is 0 Å². The van der Waals surface area contributed by atoms with E-state index in [1.807, 2.05) is 33.0 Å². The van der Waals surface area contributed by atoms with Gasteiger partial charge in [0, 0.05) is 12.2 Å². The van der Waals surface area contributed by atoms with Crippen LogP contribution in [-0.4, -0.2) is 34.0 Å². The maximum atomic E-state index is 5.68. The SMILES string of the molecule is CCOC(C)C(NC)c1ccc(OC)c(Br)c1OC. The van der Waals surface area contributed by atoms with Gasteiger partial charge in [0.15, 0.2) is 0 Å². The molecule has 0 aromatic heterocycles. The quantitative estimate of drug-likeness (QED) is 0.833. The van der Waals surface area contributed by atoms with Crippen molar-refractivity contribution in [2.24, 2.45) is 0 Å². The number of halogens is 1. The van der Waals surface area contributed by atoms with E-state index in [1.54, 1.807) is 14.2 Å². The lowest BCUT2D eigenvalue weighted by molar-refractivity contribution is 0.0486. The molecule has 0 heterocycles. The second kappa shape index (κ2) is 7.72. The van der Waals surface area contributed by atoms with Crippen LogP contribution in [-0.2, 0) is 4.74 Å². The van der Waals surface area contributed by atoms with E-state index in [2.05, 4.69) is 21.2 Å². The molecule has 1 N–H and O–H groups in total. The van der Waals surface area contributed by atoms with Gasteiger partial charge in [0.1, 0.15) is 16.0 Å². The monoisotopic (exact) mass is 331 g/mol. The molecular formula is C14H22BrNO3. The van der Waals surface area contributed by atoms with Crippen LogP contribution >= 0.6 is 15.9 Å². The number of ether oxygens (including phenoxy) is 3. The van der Waals surface area contributed by atoms with Crippen LogP contribution in [0.2, 0.25) is 0 Å². The van der Waals surface area contributed by atoms with Crippen LogP contribution in [0.1, 0.15) is 25.5 Å².